The molecule has 7 heteroatoms. The van der Waals surface area contributed by atoms with Crippen LogP contribution in [0.15, 0.2) is 24.5 Å². The van der Waals surface area contributed by atoms with E-state index in [9.17, 15) is 13.2 Å². The summed E-state index contributed by atoms with van der Waals surface area (Å²) in [5.41, 5.74) is 0.961. The summed E-state index contributed by atoms with van der Waals surface area (Å²) in [5, 5.41) is 2.78. The minimum absolute atomic E-state index is 0.157. The normalized spacial score (nSPS) is 11.9. The van der Waals surface area contributed by atoms with Crippen molar-refractivity contribution in [2.24, 2.45) is 5.92 Å². The molecule has 0 atom stereocenters. The summed E-state index contributed by atoms with van der Waals surface area (Å²) in [7, 11) is -3.28. The quantitative estimate of drug-likeness (QED) is 0.743. The zero-order chi connectivity index (χ0) is 16.6. The van der Waals surface area contributed by atoms with E-state index in [1.807, 2.05) is 26.0 Å². The van der Waals surface area contributed by atoms with Crippen molar-refractivity contribution in [3.8, 4) is 0 Å². The molecule has 0 fully saturated rings. The van der Waals surface area contributed by atoms with Gasteiger partial charge in [0.25, 0.3) is 0 Å². The van der Waals surface area contributed by atoms with Gasteiger partial charge in [0.05, 0.1) is 6.26 Å². The fourth-order valence-corrected chi connectivity index (χ4v) is 2.72. The molecule has 22 heavy (non-hydrogen) atoms. The lowest BCUT2D eigenvalue weighted by Gasteiger charge is -2.20. The smallest absolute Gasteiger partial charge is 0.221 e. The van der Waals surface area contributed by atoms with E-state index in [-0.39, 0.29) is 18.9 Å². The van der Waals surface area contributed by atoms with Gasteiger partial charge in [-0.25, -0.2) is 12.7 Å². The summed E-state index contributed by atoms with van der Waals surface area (Å²) in [4.78, 5) is 15.7. The van der Waals surface area contributed by atoms with Crippen molar-refractivity contribution >= 4 is 15.9 Å². The van der Waals surface area contributed by atoms with E-state index in [4.69, 9.17) is 0 Å². The van der Waals surface area contributed by atoms with Crippen LogP contribution < -0.4 is 5.32 Å². The Morgan fingerprint density at radius 1 is 1.27 bits per heavy atom. The molecule has 0 aliphatic rings. The number of aromatic nitrogens is 1. The Morgan fingerprint density at radius 2 is 1.91 bits per heavy atom. The number of pyridine rings is 1. The van der Waals surface area contributed by atoms with Crippen molar-refractivity contribution in [3.05, 3.63) is 30.1 Å². The average molecular weight is 327 g/mol. The molecular weight excluding hydrogens is 302 g/mol. The number of sulfonamides is 1. The molecule has 1 amide bonds. The number of carbonyl (C=O) groups excluding carboxylic acids is 1. The molecule has 0 unspecified atom stereocenters. The number of nitrogens with one attached hydrogen (secondary N) is 1. The zero-order valence-corrected chi connectivity index (χ0v) is 14.3. The molecule has 1 heterocycles. The Kier molecular flexibility index (Phi) is 7.47. The highest BCUT2D eigenvalue weighted by atomic mass is 32.2. The number of carbonyl (C=O) groups is 1. The van der Waals surface area contributed by atoms with Crippen LogP contribution in [0.4, 0.5) is 0 Å². The van der Waals surface area contributed by atoms with E-state index in [1.165, 1.54) is 10.6 Å². The minimum atomic E-state index is -3.28. The third kappa shape index (κ3) is 7.51. The fraction of sp³-hybridized carbons (Fsp3) is 0.600. The van der Waals surface area contributed by atoms with Gasteiger partial charge in [-0.2, -0.15) is 0 Å². The maximum absolute atomic E-state index is 11.8. The first-order valence-electron chi connectivity index (χ1n) is 7.39. The minimum Gasteiger partial charge on any atom is -0.352 e. The summed E-state index contributed by atoms with van der Waals surface area (Å²) in [6, 6.07) is 3.65. The molecule has 0 saturated heterocycles. The van der Waals surface area contributed by atoms with Gasteiger partial charge in [-0.3, -0.25) is 9.78 Å². The molecule has 0 aliphatic carbocycles. The highest BCUT2D eigenvalue weighted by molar-refractivity contribution is 7.88. The van der Waals surface area contributed by atoms with Crippen LogP contribution in [-0.2, 0) is 21.4 Å². The molecule has 0 bridgehead atoms. The van der Waals surface area contributed by atoms with Crippen LogP contribution in [0, 0.1) is 5.92 Å². The van der Waals surface area contributed by atoms with E-state index in [0.29, 0.717) is 19.0 Å². The van der Waals surface area contributed by atoms with Crippen molar-refractivity contribution in [1.82, 2.24) is 14.6 Å². The zero-order valence-electron chi connectivity index (χ0n) is 13.4. The van der Waals surface area contributed by atoms with Crippen LogP contribution >= 0.6 is 0 Å². The molecule has 1 aromatic heterocycles. The maximum atomic E-state index is 11.8. The van der Waals surface area contributed by atoms with Crippen LogP contribution in [0.2, 0.25) is 0 Å². The van der Waals surface area contributed by atoms with Gasteiger partial charge in [-0.1, -0.05) is 13.8 Å². The van der Waals surface area contributed by atoms with Gasteiger partial charge >= 0.3 is 0 Å². The highest BCUT2D eigenvalue weighted by Crippen LogP contribution is 2.07. The lowest BCUT2D eigenvalue weighted by atomic mass is 10.1. The molecule has 6 nitrogen and oxygen atoms in total. The lowest BCUT2D eigenvalue weighted by molar-refractivity contribution is -0.121. The summed E-state index contributed by atoms with van der Waals surface area (Å²) in [5.74, 6) is 0.264. The summed E-state index contributed by atoms with van der Waals surface area (Å²) >= 11 is 0. The van der Waals surface area contributed by atoms with Crippen LogP contribution in [-0.4, -0.2) is 43.0 Å². The third-order valence-corrected chi connectivity index (χ3v) is 4.56. The monoisotopic (exact) mass is 327 g/mol. The third-order valence-electron chi connectivity index (χ3n) is 3.25. The van der Waals surface area contributed by atoms with Crippen molar-refractivity contribution < 1.29 is 13.2 Å². The molecule has 0 aliphatic heterocycles. The van der Waals surface area contributed by atoms with Crippen molar-refractivity contribution in [1.29, 1.82) is 0 Å². The molecule has 1 N–H and O–H groups in total. The fourth-order valence-electron chi connectivity index (χ4n) is 1.86. The number of nitrogens with zero attached hydrogens (tertiary/aromatic N) is 2. The van der Waals surface area contributed by atoms with Crippen LogP contribution in [0.5, 0.6) is 0 Å². The number of amides is 1. The molecule has 0 saturated carbocycles. The highest BCUT2D eigenvalue weighted by Gasteiger charge is 2.17. The van der Waals surface area contributed by atoms with E-state index in [1.54, 1.807) is 12.4 Å². The van der Waals surface area contributed by atoms with Gasteiger partial charge in [0.15, 0.2) is 0 Å². The van der Waals surface area contributed by atoms with Gasteiger partial charge in [-0.05, 0) is 30.0 Å². The predicted octanol–water partition coefficient (Wildman–Crippen LogP) is 1.40. The lowest BCUT2D eigenvalue weighted by Crippen LogP contribution is -2.35. The van der Waals surface area contributed by atoms with Gasteiger partial charge in [0.1, 0.15) is 0 Å². The molecule has 0 spiro atoms. The molecule has 1 rings (SSSR count). The molecule has 124 valence electrons. The van der Waals surface area contributed by atoms with Gasteiger partial charge in [0, 0.05) is 38.4 Å². The standard InChI is InChI=1S/C15H25N3O3S/c1-13(2)6-10-18(22(3,20)21)11-7-15(19)17-12-14-4-8-16-9-5-14/h4-5,8-9,13H,6-7,10-12H2,1-3H3,(H,17,19). The largest absolute Gasteiger partial charge is 0.352 e. The van der Waals surface area contributed by atoms with E-state index in [2.05, 4.69) is 10.3 Å². The average Bonchev–Trinajstić information content (AvgIpc) is 2.44. The Morgan fingerprint density at radius 3 is 2.45 bits per heavy atom. The van der Waals surface area contributed by atoms with Crippen LogP contribution in [0.3, 0.4) is 0 Å². The van der Waals surface area contributed by atoms with Gasteiger partial charge < -0.3 is 5.32 Å². The maximum Gasteiger partial charge on any atom is 0.221 e. The first kappa shape index (κ1) is 18.6. The predicted molar refractivity (Wildman–Crippen MR) is 86.6 cm³/mol. The molecule has 0 aromatic carbocycles. The first-order valence-corrected chi connectivity index (χ1v) is 9.24. The molecule has 0 radical (unpaired) electrons. The Balaban J connectivity index is 2.42. The van der Waals surface area contributed by atoms with Crippen molar-refractivity contribution in [2.45, 2.75) is 33.2 Å². The second-order valence-corrected chi connectivity index (χ2v) is 7.71. The first-order chi connectivity index (χ1) is 10.3. The summed E-state index contributed by atoms with van der Waals surface area (Å²) < 4.78 is 24.8. The number of hydrogen-bond acceptors (Lipinski definition) is 4. The topological polar surface area (TPSA) is 79.4 Å². The van der Waals surface area contributed by atoms with Crippen LogP contribution in [0.1, 0.15) is 32.3 Å². The van der Waals surface area contributed by atoms with Crippen molar-refractivity contribution in [3.63, 3.8) is 0 Å². The summed E-state index contributed by atoms with van der Waals surface area (Å²) in [6.07, 6.45) is 5.46. The SMILES string of the molecule is CC(C)CCN(CCC(=O)NCc1ccncc1)S(C)(=O)=O. The second kappa shape index (κ2) is 8.85. The number of rotatable bonds is 9. The number of hydrogen-bond donors (Lipinski definition) is 1. The van der Waals surface area contributed by atoms with E-state index < -0.39 is 10.0 Å². The molecule has 1 aromatic rings. The van der Waals surface area contributed by atoms with Crippen molar-refractivity contribution in [2.75, 3.05) is 19.3 Å². The van der Waals surface area contributed by atoms with E-state index >= 15 is 0 Å². The summed E-state index contributed by atoms with van der Waals surface area (Å²) in [6.45, 7) is 5.18. The van der Waals surface area contributed by atoms with Gasteiger partial charge in [-0.15, -0.1) is 0 Å². The Labute approximate surface area is 133 Å². The van der Waals surface area contributed by atoms with Gasteiger partial charge in [0.2, 0.25) is 15.9 Å². The Bertz CT molecular complexity index is 559. The second-order valence-electron chi connectivity index (χ2n) is 5.73. The molecular formula is C15H25N3O3S. The van der Waals surface area contributed by atoms with E-state index in [0.717, 1.165) is 12.0 Å². The van der Waals surface area contributed by atoms with Crippen LogP contribution in [0.25, 0.3) is 0 Å². The Hall–Kier alpha value is -1.47.